The fourth-order valence-corrected chi connectivity index (χ4v) is 2.33. The Morgan fingerprint density at radius 3 is 2.56 bits per heavy atom. The first-order valence-electron chi connectivity index (χ1n) is 8.62. The molecule has 0 saturated heterocycles. The van der Waals surface area contributed by atoms with Crippen LogP contribution < -0.4 is 16.0 Å². The van der Waals surface area contributed by atoms with Gasteiger partial charge in [-0.2, -0.15) is 0 Å². The lowest BCUT2D eigenvalue weighted by Crippen LogP contribution is -2.29. The van der Waals surface area contributed by atoms with Gasteiger partial charge in [-0.1, -0.05) is 49.7 Å². The summed E-state index contributed by atoms with van der Waals surface area (Å²) in [6, 6.07) is 16.7. The van der Waals surface area contributed by atoms with E-state index in [1.54, 1.807) is 24.3 Å². The molecule has 0 aliphatic rings. The Morgan fingerprint density at radius 1 is 1.00 bits per heavy atom. The van der Waals surface area contributed by atoms with Crippen molar-refractivity contribution >= 4 is 17.5 Å². The zero-order chi connectivity index (χ0) is 17.9. The largest absolute Gasteiger partial charge is 0.348 e. The van der Waals surface area contributed by atoms with Crippen molar-refractivity contribution in [1.29, 1.82) is 0 Å². The Labute approximate surface area is 148 Å². The van der Waals surface area contributed by atoms with Crippen LogP contribution in [0.15, 0.2) is 54.6 Å². The van der Waals surface area contributed by atoms with E-state index in [2.05, 4.69) is 22.9 Å². The molecule has 2 amide bonds. The van der Waals surface area contributed by atoms with Gasteiger partial charge < -0.3 is 16.0 Å². The van der Waals surface area contributed by atoms with Gasteiger partial charge in [0.2, 0.25) is 5.91 Å². The summed E-state index contributed by atoms with van der Waals surface area (Å²) in [5.41, 5.74) is 2.18. The number of anilines is 1. The predicted molar refractivity (Wildman–Crippen MR) is 100 cm³/mol. The predicted octanol–water partition coefficient (Wildman–Crippen LogP) is 2.94. The fourth-order valence-electron chi connectivity index (χ4n) is 2.33. The third kappa shape index (κ3) is 6.77. The molecular formula is C20H25N3O2. The molecule has 0 aliphatic carbocycles. The van der Waals surface area contributed by atoms with Crippen LogP contribution in [0, 0.1) is 0 Å². The molecule has 132 valence electrons. The average molecular weight is 339 g/mol. The summed E-state index contributed by atoms with van der Waals surface area (Å²) in [6.45, 7) is 3.67. The molecule has 0 spiro atoms. The molecule has 2 aromatic rings. The van der Waals surface area contributed by atoms with E-state index in [1.807, 2.05) is 30.3 Å². The van der Waals surface area contributed by atoms with E-state index >= 15 is 0 Å². The minimum absolute atomic E-state index is 0.113. The number of rotatable bonds is 9. The van der Waals surface area contributed by atoms with Crippen LogP contribution in [0.2, 0.25) is 0 Å². The molecule has 0 aromatic heterocycles. The van der Waals surface area contributed by atoms with Gasteiger partial charge in [0.25, 0.3) is 5.91 Å². The van der Waals surface area contributed by atoms with E-state index in [4.69, 9.17) is 0 Å². The van der Waals surface area contributed by atoms with Gasteiger partial charge in [-0.05, 0) is 36.7 Å². The molecule has 0 aliphatic heterocycles. The fraction of sp³-hybridized carbons (Fsp3) is 0.300. The molecule has 0 atom stereocenters. The maximum Gasteiger partial charge on any atom is 0.251 e. The molecule has 0 bridgehead atoms. The second-order valence-corrected chi connectivity index (χ2v) is 5.83. The van der Waals surface area contributed by atoms with Crippen LogP contribution in [0.4, 0.5) is 5.69 Å². The van der Waals surface area contributed by atoms with Crippen molar-refractivity contribution < 1.29 is 9.59 Å². The zero-order valence-corrected chi connectivity index (χ0v) is 14.5. The maximum absolute atomic E-state index is 12.3. The van der Waals surface area contributed by atoms with Gasteiger partial charge in [0.05, 0.1) is 6.54 Å². The van der Waals surface area contributed by atoms with Crippen LogP contribution in [-0.2, 0) is 11.3 Å². The Morgan fingerprint density at radius 2 is 1.80 bits per heavy atom. The Hall–Kier alpha value is -2.66. The van der Waals surface area contributed by atoms with E-state index in [1.165, 1.54) is 0 Å². The molecular weight excluding hydrogens is 314 g/mol. The lowest BCUT2D eigenvalue weighted by atomic mass is 10.1. The van der Waals surface area contributed by atoms with Crippen LogP contribution in [-0.4, -0.2) is 24.9 Å². The van der Waals surface area contributed by atoms with Crippen molar-refractivity contribution in [3.05, 3.63) is 65.7 Å². The number of amides is 2. The van der Waals surface area contributed by atoms with Gasteiger partial charge in [-0.25, -0.2) is 0 Å². The van der Waals surface area contributed by atoms with Gasteiger partial charge >= 0.3 is 0 Å². The number of benzene rings is 2. The van der Waals surface area contributed by atoms with E-state index in [9.17, 15) is 9.59 Å². The smallest absolute Gasteiger partial charge is 0.251 e. The Balaban J connectivity index is 1.85. The second kappa shape index (κ2) is 10.3. The van der Waals surface area contributed by atoms with E-state index in [0.717, 1.165) is 24.9 Å². The van der Waals surface area contributed by atoms with Gasteiger partial charge in [-0.15, -0.1) is 0 Å². The molecule has 3 N–H and O–H groups in total. The molecule has 5 nitrogen and oxygen atoms in total. The van der Waals surface area contributed by atoms with Crippen molar-refractivity contribution in [2.24, 2.45) is 0 Å². The number of hydrogen-bond acceptors (Lipinski definition) is 3. The first-order valence-corrected chi connectivity index (χ1v) is 8.62. The molecule has 2 rings (SSSR count). The summed E-state index contributed by atoms with van der Waals surface area (Å²) in [4.78, 5) is 24.2. The van der Waals surface area contributed by atoms with E-state index in [0.29, 0.717) is 17.8 Å². The first kappa shape index (κ1) is 18.7. The van der Waals surface area contributed by atoms with Crippen LogP contribution in [0.1, 0.15) is 35.7 Å². The highest BCUT2D eigenvalue weighted by molar-refractivity contribution is 5.97. The molecule has 0 heterocycles. The quantitative estimate of drug-likeness (QED) is 0.615. The highest BCUT2D eigenvalue weighted by Crippen LogP contribution is 2.11. The van der Waals surface area contributed by atoms with Crippen molar-refractivity contribution in [2.45, 2.75) is 26.3 Å². The second-order valence-electron chi connectivity index (χ2n) is 5.83. The molecule has 0 saturated carbocycles. The summed E-state index contributed by atoms with van der Waals surface area (Å²) in [6.07, 6.45) is 2.14. The lowest BCUT2D eigenvalue weighted by molar-refractivity contribution is -0.115. The van der Waals surface area contributed by atoms with Crippen molar-refractivity contribution in [3.63, 3.8) is 0 Å². The lowest BCUT2D eigenvalue weighted by Gasteiger charge is -2.09. The van der Waals surface area contributed by atoms with Crippen molar-refractivity contribution in [3.8, 4) is 0 Å². The minimum Gasteiger partial charge on any atom is -0.348 e. The molecule has 25 heavy (non-hydrogen) atoms. The first-order chi connectivity index (χ1) is 12.2. The van der Waals surface area contributed by atoms with Crippen molar-refractivity contribution in [1.82, 2.24) is 10.6 Å². The topological polar surface area (TPSA) is 70.2 Å². The van der Waals surface area contributed by atoms with Gasteiger partial charge in [0.1, 0.15) is 0 Å². The van der Waals surface area contributed by atoms with Gasteiger partial charge in [0.15, 0.2) is 0 Å². The Bertz CT molecular complexity index is 686. The van der Waals surface area contributed by atoms with Gasteiger partial charge in [0, 0.05) is 17.8 Å². The van der Waals surface area contributed by atoms with Gasteiger partial charge in [-0.3, -0.25) is 9.59 Å². The summed E-state index contributed by atoms with van der Waals surface area (Å²) in [5, 5.41) is 8.78. The van der Waals surface area contributed by atoms with Crippen LogP contribution in [0.25, 0.3) is 0 Å². The number of unbranched alkanes of at least 4 members (excludes halogenated alkanes) is 1. The number of carbonyl (C=O) groups is 2. The number of hydrogen-bond donors (Lipinski definition) is 3. The summed E-state index contributed by atoms with van der Waals surface area (Å²) >= 11 is 0. The third-order valence-corrected chi connectivity index (χ3v) is 3.70. The van der Waals surface area contributed by atoms with E-state index < -0.39 is 0 Å². The standard InChI is InChI=1S/C20H25N3O2/c1-2-3-12-21-15-19(24)23-18-11-7-10-17(13-18)20(25)22-14-16-8-5-4-6-9-16/h4-11,13,21H,2-3,12,14-15H2,1H3,(H,22,25)(H,23,24). The molecule has 0 unspecified atom stereocenters. The zero-order valence-electron chi connectivity index (χ0n) is 14.5. The van der Waals surface area contributed by atoms with Crippen LogP contribution in [0.5, 0.6) is 0 Å². The SMILES string of the molecule is CCCCNCC(=O)Nc1cccc(C(=O)NCc2ccccc2)c1. The van der Waals surface area contributed by atoms with Crippen molar-refractivity contribution in [2.75, 3.05) is 18.4 Å². The summed E-state index contributed by atoms with van der Waals surface area (Å²) < 4.78 is 0. The summed E-state index contributed by atoms with van der Waals surface area (Å²) in [7, 11) is 0. The number of nitrogens with one attached hydrogen (secondary N) is 3. The Kier molecular flexibility index (Phi) is 7.66. The monoisotopic (exact) mass is 339 g/mol. The molecule has 0 radical (unpaired) electrons. The number of carbonyl (C=O) groups excluding carboxylic acids is 2. The molecule has 5 heteroatoms. The maximum atomic E-state index is 12.3. The highest BCUT2D eigenvalue weighted by atomic mass is 16.2. The average Bonchev–Trinajstić information content (AvgIpc) is 2.64. The molecule has 0 fully saturated rings. The van der Waals surface area contributed by atoms with Crippen LogP contribution in [0.3, 0.4) is 0 Å². The summed E-state index contributed by atoms with van der Waals surface area (Å²) in [5.74, 6) is -0.279. The normalized spacial score (nSPS) is 10.3. The van der Waals surface area contributed by atoms with E-state index in [-0.39, 0.29) is 18.4 Å². The molecule has 2 aromatic carbocycles. The highest BCUT2D eigenvalue weighted by Gasteiger charge is 2.08. The minimum atomic E-state index is -0.166. The third-order valence-electron chi connectivity index (χ3n) is 3.70. The van der Waals surface area contributed by atoms with Crippen LogP contribution >= 0.6 is 0 Å².